The van der Waals surface area contributed by atoms with Crippen LogP contribution in [0.3, 0.4) is 0 Å². The van der Waals surface area contributed by atoms with E-state index in [2.05, 4.69) is 0 Å². The fraction of sp³-hybridized carbons (Fsp3) is 0.500. The Hall–Kier alpha value is -1.51. The highest BCUT2D eigenvalue weighted by Gasteiger charge is 2.22. The Labute approximate surface area is 103 Å². The molecule has 0 saturated carbocycles. The van der Waals surface area contributed by atoms with Gasteiger partial charge < -0.3 is 9.47 Å². The summed E-state index contributed by atoms with van der Waals surface area (Å²) in [5, 5.41) is 0. The van der Waals surface area contributed by atoms with Gasteiger partial charge in [0.25, 0.3) is 0 Å². The molecule has 0 heterocycles. The molecule has 94 valence electrons. The van der Waals surface area contributed by atoms with Crippen molar-refractivity contribution in [2.45, 2.75) is 39.2 Å². The molecular weight excluding hydrogens is 216 g/mol. The van der Waals surface area contributed by atoms with Gasteiger partial charge in [-0.3, -0.25) is 4.79 Å². The van der Waals surface area contributed by atoms with E-state index in [1.807, 2.05) is 52.0 Å². The molecule has 0 radical (unpaired) electrons. The zero-order valence-electron chi connectivity index (χ0n) is 11.1. The van der Waals surface area contributed by atoms with E-state index in [-0.39, 0.29) is 11.9 Å². The molecule has 0 aliphatic rings. The number of benzene rings is 1. The molecule has 1 rings (SSSR count). The Morgan fingerprint density at radius 2 is 1.71 bits per heavy atom. The molecule has 0 amide bonds. The van der Waals surface area contributed by atoms with Gasteiger partial charge in [0.2, 0.25) is 0 Å². The van der Waals surface area contributed by atoms with E-state index in [1.54, 1.807) is 7.11 Å². The average Bonchev–Trinajstić information content (AvgIpc) is 2.26. The minimum absolute atomic E-state index is 0.206. The Morgan fingerprint density at radius 3 is 2.12 bits per heavy atom. The molecule has 1 atom stereocenters. The molecule has 3 heteroatoms. The lowest BCUT2D eigenvalue weighted by atomic mass is 10.0. The van der Waals surface area contributed by atoms with Crippen molar-refractivity contribution in [2.24, 2.45) is 0 Å². The van der Waals surface area contributed by atoms with Crippen molar-refractivity contribution in [3.05, 3.63) is 29.8 Å². The van der Waals surface area contributed by atoms with Crippen LogP contribution in [-0.4, -0.2) is 18.7 Å². The monoisotopic (exact) mass is 236 g/mol. The molecule has 0 fully saturated rings. The van der Waals surface area contributed by atoms with Gasteiger partial charge in [0.15, 0.2) is 0 Å². The normalized spacial score (nSPS) is 13.0. The smallest absolute Gasteiger partial charge is 0.313 e. The summed E-state index contributed by atoms with van der Waals surface area (Å²) in [6.45, 7) is 7.44. The molecule has 0 aliphatic heterocycles. The summed E-state index contributed by atoms with van der Waals surface area (Å²) in [4.78, 5) is 11.9. The van der Waals surface area contributed by atoms with Crippen LogP contribution >= 0.6 is 0 Å². The van der Waals surface area contributed by atoms with Crippen molar-refractivity contribution < 1.29 is 14.3 Å². The Kier molecular flexibility index (Phi) is 4.16. The maximum Gasteiger partial charge on any atom is 0.313 e. The van der Waals surface area contributed by atoms with Gasteiger partial charge in [0, 0.05) is 0 Å². The van der Waals surface area contributed by atoms with Gasteiger partial charge in [-0.15, -0.1) is 0 Å². The Balaban J connectivity index is 2.74. The highest BCUT2D eigenvalue weighted by molar-refractivity contribution is 5.78. The second-order valence-corrected chi connectivity index (χ2v) is 5.03. The molecule has 17 heavy (non-hydrogen) atoms. The lowest BCUT2D eigenvalue weighted by Gasteiger charge is -2.22. The van der Waals surface area contributed by atoms with E-state index in [1.165, 1.54) is 0 Å². The third-order valence-electron chi connectivity index (χ3n) is 2.38. The van der Waals surface area contributed by atoms with Crippen LogP contribution in [0, 0.1) is 0 Å². The van der Waals surface area contributed by atoms with Crippen LogP contribution in [-0.2, 0) is 9.53 Å². The molecule has 0 aliphatic carbocycles. The van der Waals surface area contributed by atoms with Crippen LogP contribution in [0.2, 0.25) is 0 Å². The van der Waals surface area contributed by atoms with Gasteiger partial charge in [0.05, 0.1) is 13.0 Å². The third kappa shape index (κ3) is 4.10. The Bertz CT molecular complexity index is 373. The van der Waals surface area contributed by atoms with Crippen molar-refractivity contribution in [3.8, 4) is 5.75 Å². The van der Waals surface area contributed by atoms with Gasteiger partial charge in [-0.05, 0) is 45.4 Å². The molecule has 0 aromatic heterocycles. The number of hydrogen-bond acceptors (Lipinski definition) is 3. The fourth-order valence-corrected chi connectivity index (χ4v) is 1.42. The number of carbonyl (C=O) groups excluding carboxylic acids is 1. The zero-order valence-corrected chi connectivity index (χ0v) is 11.1. The average molecular weight is 236 g/mol. The minimum atomic E-state index is -0.447. The number of ether oxygens (including phenoxy) is 2. The topological polar surface area (TPSA) is 35.5 Å². The molecule has 3 nitrogen and oxygen atoms in total. The zero-order chi connectivity index (χ0) is 13.1. The van der Waals surface area contributed by atoms with Gasteiger partial charge in [-0.25, -0.2) is 0 Å². The van der Waals surface area contributed by atoms with Crippen molar-refractivity contribution in [2.75, 3.05) is 7.11 Å². The highest BCUT2D eigenvalue weighted by Crippen LogP contribution is 2.22. The van der Waals surface area contributed by atoms with Gasteiger partial charge in [-0.2, -0.15) is 0 Å². The fourth-order valence-electron chi connectivity index (χ4n) is 1.42. The van der Waals surface area contributed by atoms with Crippen LogP contribution in [0.4, 0.5) is 0 Å². The number of carbonyl (C=O) groups is 1. The number of rotatable bonds is 3. The van der Waals surface area contributed by atoms with Crippen LogP contribution in [0.5, 0.6) is 5.75 Å². The summed E-state index contributed by atoms with van der Waals surface area (Å²) in [5.74, 6) is 0.313. The first-order valence-electron chi connectivity index (χ1n) is 5.70. The largest absolute Gasteiger partial charge is 0.497 e. The maximum atomic E-state index is 11.9. The van der Waals surface area contributed by atoms with E-state index in [0.717, 1.165) is 11.3 Å². The molecule has 1 aromatic carbocycles. The van der Waals surface area contributed by atoms with Gasteiger partial charge >= 0.3 is 5.97 Å². The first-order valence-corrected chi connectivity index (χ1v) is 5.70. The summed E-state index contributed by atoms with van der Waals surface area (Å²) in [6.07, 6.45) is 0. The minimum Gasteiger partial charge on any atom is -0.497 e. The highest BCUT2D eigenvalue weighted by atomic mass is 16.6. The van der Waals surface area contributed by atoms with E-state index >= 15 is 0 Å². The predicted octanol–water partition coefficient (Wildman–Crippen LogP) is 3.14. The van der Waals surface area contributed by atoms with Crippen LogP contribution in [0.25, 0.3) is 0 Å². The molecule has 1 unspecified atom stereocenters. The summed E-state index contributed by atoms with van der Waals surface area (Å²) in [7, 11) is 1.62. The molecule has 0 spiro atoms. The number of esters is 1. The van der Waals surface area contributed by atoms with Crippen LogP contribution < -0.4 is 4.74 Å². The van der Waals surface area contributed by atoms with E-state index in [4.69, 9.17) is 9.47 Å². The summed E-state index contributed by atoms with van der Waals surface area (Å²) in [6, 6.07) is 7.45. The number of hydrogen-bond donors (Lipinski definition) is 0. The van der Waals surface area contributed by atoms with Crippen molar-refractivity contribution >= 4 is 5.97 Å². The van der Waals surface area contributed by atoms with Crippen LogP contribution in [0.15, 0.2) is 24.3 Å². The first kappa shape index (κ1) is 13.6. The van der Waals surface area contributed by atoms with Crippen LogP contribution in [0.1, 0.15) is 39.2 Å². The lowest BCUT2D eigenvalue weighted by Crippen LogP contribution is -2.26. The predicted molar refractivity (Wildman–Crippen MR) is 67.3 cm³/mol. The summed E-state index contributed by atoms with van der Waals surface area (Å²) in [5.41, 5.74) is 0.484. The lowest BCUT2D eigenvalue weighted by molar-refractivity contribution is -0.156. The summed E-state index contributed by atoms with van der Waals surface area (Å²) >= 11 is 0. The van der Waals surface area contributed by atoms with Crippen molar-refractivity contribution in [3.63, 3.8) is 0 Å². The second kappa shape index (κ2) is 5.21. The Morgan fingerprint density at radius 1 is 1.18 bits per heavy atom. The van der Waals surface area contributed by atoms with E-state index in [0.29, 0.717) is 0 Å². The van der Waals surface area contributed by atoms with Gasteiger partial charge in [-0.1, -0.05) is 12.1 Å². The second-order valence-electron chi connectivity index (χ2n) is 5.03. The standard InChI is InChI=1S/C14H20O3/c1-10(13(15)17-14(2,3)4)11-6-8-12(16-5)9-7-11/h6-10H,1-5H3. The van der Waals surface area contributed by atoms with Gasteiger partial charge in [0.1, 0.15) is 11.4 Å². The van der Waals surface area contributed by atoms with Crippen molar-refractivity contribution in [1.82, 2.24) is 0 Å². The number of methoxy groups -OCH3 is 1. The van der Waals surface area contributed by atoms with Crippen molar-refractivity contribution in [1.29, 1.82) is 0 Å². The molecular formula is C14H20O3. The third-order valence-corrected chi connectivity index (χ3v) is 2.38. The molecule has 0 N–H and O–H groups in total. The molecule has 1 aromatic rings. The maximum absolute atomic E-state index is 11.9. The molecule has 0 bridgehead atoms. The summed E-state index contributed by atoms with van der Waals surface area (Å²) < 4.78 is 10.4. The SMILES string of the molecule is COc1ccc(C(C)C(=O)OC(C)(C)C)cc1. The molecule has 0 saturated heterocycles. The van der Waals surface area contributed by atoms with E-state index in [9.17, 15) is 4.79 Å². The van der Waals surface area contributed by atoms with E-state index < -0.39 is 5.60 Å². The quantitative estimate of drug-likeness (QED) is 0.756. The first-order chi connectivity index (χ1) is 7.83.